The van der Waals surface area contributed by atoms with Crippen LogP contribution in [-0.4, -0.2) is 31.1 Å². The fourth-order valence-electron chi connectivity index (χ4n) is 1.67. The Bertz CT molecular complexity index is 132. The van der Waals surface area contributed by atoms with Gasteiger partial charge < -0.3 is 7.43 Å². The molecule has 0 nitrogen and oxygen atoms in total. The van der Waals surface area contributed by atoms with Crippen LogP contribution < -0.4 is 0 Å². The monoisotopic (exact) mass is 222 g/mol. The first-order chi connectivity index (χ1) is 5.54. The summed E-state index contributed by atoms with van der Waals surface area (Å²) in [6.07, 6.45) is 6.03. The van der Waals surface area contributed by atoms with Crippen molar-refractivity contribution in [3.8, 4) is 0 Å². The van der Waals surface area contributed by atoms with E-state index in [2.05, 4.69) is 33.5 Å². The Kier molecular flexibility index (Phi) is 14.5. The van der Waals surface area contributed by atoms with Gasteiger partial charge in [0.05, 0.1) is 8.07 Å². The molecule has 1 rings (SSSR count). The van der Waals surface area contributed by atoms with Gasteiger partial charge in [0, 0.05) is 0 Å². The predicted molar refractivity (Wildman–Crippen MR) is 73.3 cm³/mol. The summed E-state index contributed by atoms with van der Waals surface area (Å²) in [6, 6.07) is 1.58. The predicted octanol–water partition coefficient (Wildman–Crippen LogP) is 4.34. The minimum Gasteiger partial charge on any atom is -0.358 e. The summed E-state index contributed by atoms with van der Waals surface area (Å²) < 4.78 is 0. The molecule has 1 fully saturated rings. The quantitative estimate of drug-likeness (QED) is 0.422. The van der Waals surface area contributed by atoms with Crippen LogP contribution in [0.1, 0.15) is 26.2 Å². The standard InChI is InChI=1S/C8H18Si.C3H5.CH3.Mg/c1-8-6-4-5-7-9(8,2)3;1-3-2;;/h8H,4-7H2,1-3H3;3H,1-2H2;1H3;/q;2*-1;+2. The Morgan fingerprint density at radius 2 is 1.79 bits per heavy atom. The van der Waals surface area contributed by atoms with Gasteiger partial charge in [-0.15, -0.1) is 0 Å². The number of rotatable bonds is 0. The van der Waals surface area contributed by atoms with E-state index in [1.54, 1.807) is 6.04 Å². The first kappa shape index (κ1) is 20.1. The molecule has 0 radical (unpaired) electrons. The van der Waals surface area contributed by atoms with E-state index in [0.29, 0.717) is 0 Å². The van der Waals surface area contributed by atoms with Crippen LogP contribution >= 0.6 is 0 Å². The number of allylic oxidation sites excluding steroid dienone is 1. The maximum Gasteiger partial charge on any atom is 2.00 e. The molecule has 1 heterocycles. The van der Waals surface area contributed by atoms with Gasteiger partial charge in [-0.25, -0.2) is 19.6 Å². The molecule has 1 aliphatic rings. The van der Waals surface area contributed by atoms with Crippen LogP contribution in [0.4, 0.5) is 0 Å². The molecule has 0 spiro atoms. The Morgan fingerprint density at radius 1 is 1.36 bits per heavy atom. The van der Waals surface area contributed by atoms with Crippen LogP contribution in [0.3, 0.4) is 0 Å². The summed E-state index contributed by atoms with van der Waals surface area (Å²) in [4.78, 5) is 0. The molecular formula is C12H26MgSi. The summed E-state index contributed by atoms with van der Waals surface area (Å²) in [6.45, 7) is 14.0. The molecule has 0 aromatic heterocycles. The molecule has 1 saturated heterocycles. The van der Waals surface area contributed by atoms with E-state index in [1.807, 2.05) is 0 Å². The van der Waals surface area contributed by atoms with E-state index in [-0.39, 0.29) is 30.5 Å². The largest absolute Gasteiger partial charge is 2.00 e. The second kappa shape index (κ2) is 10.1. The zero-order valence-electron chi connectivity index (χ0n) is 10.6. The fourth-order valence-corrected chi connectivity index (χ4v) is 4.31. The van der Waals surface area contributed by atoms with Crippen LogP contribution in [0.2, 0.25) is 24.7 Å². The van der Waals surface area contributed by atoms with Crippen LogP contribution in [0, 0.1) is 14.4 Å². The second-order valence-corrected chi connectivity index (χ2v) is 9.89. The van der Waals surface area contributed by atoms with Crippen LogP contribution in [0.25, 0.3) is 0 Å². The molecule has 2 heteroatoms. The molecule has 0 aromatic rings. The molecular weight excluding hydrogens is 197 g/mol. The van der Waals surface area contributed by atoms with Crippen LogP contribution in [0.15, 0.2) is 12.7 Å². The topological polar surface area (TPSA) is 0 Å². The second-order valence-electron chi connectivity index (χ2n) is 4.42. The van der Waals surface area contributed by atoms with E-state index in [0.717, 1.165) is 5.54 Å². The van der Waals surface area contributed by atoms with E-state index in [1.165, 1.54) is 25.3 Å². The van der Waals surface area contributed by atoms with E-state index in [4.69, 9.17) is 0 Å². The van der Waals surface area contributed by atoms with Crippen molar-refractivity contribution in [2.45, 2.75) is 50.9 Å². The maximum absolute atomic E-state index is 3.25. The molecule has 0 aromatic carbocycles. The van der Waals surface area contributed by atoms with Gasteiger partial charge in [0.15, 0.2) is 0 Å². The molecule has 0 N–H and O–H groups in total. The van der Waals surface area contributed by atoms with Gasteiger partial charge in [-0.05, 0) is 5.54 Å². The van der Waals surface area contributed by atoms with E-state index >= 15 is 0 Å². The third kappa shape index (κ3) is 7.95. The maximum atomic E-state index is 3.25. The average Bonchev–Trinajstić information content (AvgIpc) is 1.97. The van der Waals surface area contributed by atoms with Crippen LogP contribution in [-0.2, 0) is 0 Å². The van der Waals surface area contributed by atoms with Crippen molar-refractivity contribution in [2.75, 3.05) is 0 Å². The van der Waals surface area contributed by atoms with Crippen molar-refractivity contribution in [3.05, 3.63) is 27.0 Å². The smallest absolute Gasteiger partial charge is 0.358 e. The SMILES string of the molecule is C=C[CH2-].CC1CCCC[Si]1(C)C.[CH3-].[Mg+2]. The van der Waals surface area contributed by atoms with E-state index < -0.39 is 8.07 Å². The minimum atomic E-state index is -0.694. The van der Waals surface area contributed by atoms with Crippen molar-refractivity contribution in [2.24, 2.45) is 0 Å². The molecule has 1 aliphatic heterocycles. The van der Waals surface area contributed by atoms with Crippen molar-refractivity contribution in [1.29, 1.82) is 0 Å². The van der Waals surface area contributed by atoms with Gasteiger partial charge in [0.2, 0.25) is 0 Å². The van der Waals surface area contributed by atoms with Gasteiger partial charge in [0.25, 0.3) is 0 Å². The summed E-state index contributed by atoms with van der Waals surface area (Å²) in [7, 11) is -0.694. The zero-order chi connectivity index (χ0) is 9.61. The van der Waals surface area contributed by atoms with Gasteiger partial charge in [-0.2, -0.15) is 0 Å². The van der Waals surface area contributed by atoms with Gasteiger partial charge in [-0.1, -0.05) is 45.3 Å². The first-order valence-electron chi connectivity index (χ1n) is 4.94. The van der Waals surface area contributed by atoms with E-state index in [9.17, 15) is 0 Å². The third-order valence-corrected chi connectivity index (χ3v) is 7.64. The van der Waals surface area contributed by atoms with Crippen LogP contribution in [0.5, 0.6) is 0 Å². The molecule has 14 heavy (non-hydrogen) atoms. The van der Waals surface area contributed by atoms with Crippen molar-refractivity contribution >= 4 is 31.1 Å². The molecule has 0 bridgehead atoms. The molecule has 80 valence electrons. The third-order valence-electron chi connectivity index (χ3n) is 3.04. The summed E-state index contributed by atoms with van der Waals surface area (Å²) >= 11 is 0. The van der Waals surface area contributed by atoms with Gasteiger partial charge in [-0.3, -0.25) is 0 Å². The Morgan fingerprint density at radius 3 is 2.00 bits per heavy atom. The Labute approximate surface area is 109 Å². The van der Waals surface area contributed by atoms with Crippen molar-refractivity contribution in [1.82, 2.24) is 0 Å². The summed E-state index contributed by atoms with van der Waals surface area (Å²) in [5.41, 5.74) is 1.09. The first-order valence-corrected chi connectivity index (χ1v) is 8.23. The Balaban J connectivity index is -0.000000218. The fraction of sp³-hybridized carbons (Fsp3) is 0.667. The van der Waals surface area contributed by atoms with Gasteiger partial charge >= 0.3 is 23.1 Å². The summed E-state index contributed by atoms with van der Waals surface area (Å²) in [5.74, 6) is 0. The van der Waals surface area contributed by atoms with Gasteiger partial charge in [0.1, 0.15) is 0 Å². The van der Waals surface area contributed by atoms with Crippen molar-refractivity contribution in [3.63, 3.8) is 0 Å². The zero-order valence-corrected chi connectivity index (χ0v) is 13.0. The summed E-state index contributed by atoms with van der Waals surface area (Å²) in [5, 5.41) is 0. The molecule has 0 amide bonds. The number of hydrogen-bond acceptors (Lipinski definition) is 0. The average molecular weight is 223 g/mol. The Hall–Kier alpha value is 0.593. The molecule has 0 saturated carbocycles. The molecule has 1 unspecified atom stereocenters. The molecule has 1 atom stereocenters. The molecule has 0 aliphatic carbocycles. The number of hydrogen-bond donors (Lipinski definition) is 0. The van der Waals surface area contributed by atoms with Crippen molar-refractivity contribution < 1.29 is 0 Å². The normalized spacial score (nSPS) is 22.9. The minimum absolute atomic E-state index is 0.